The summed E-state index contributed by atoms with van der Waals surface area (Å²) in [6, 6.07) is 0. The van der Waals surface area contributed by atoms with Crippen LogP contribution in [0.5, 0.6) is 0 Å². The number of esters is 2. The number of nitrogens with zero attached hydrogens (tertiary/aromatic N) is 1. The number of allylic oxidation sites excluding steroid dienone is 12. The second kappa shape index (κ2) is 55.0. The maximum Gasteiger partial charge on any atom is 0.306 e. The van der Waals surface area contributed by atoms with Gasteiger partial charge >= 0.3 is 11.9 Å². The average Bonchev–Trinajstić information content (AvgIpc) is 3.36. The molecule has 0 spiro atoms. The largest absolute Gasteiger partial charge is 0.545 e. The van der Waals surface area contributed by atoms with Crippen LogP contribution in [0.25, 0.3) is 0 Å². The van der Waals surface area contributed by atoms with Crippen LogP contribution in [0.1, 0.15) is 258 Å². The summed E-state index contributed by atoms with van der Waals surface area (Å²) in [5.41, 5.74) is 0. The number of carbonyl (C=O) groups excluding carboxylic acids is 3. The minimum atomic E-state index is -1.63. The molecule has 2 atom stereocenters. The monoisotopic (exact) mass is 1020 g/mol. The number of rotatable bonds is 55. The molecule has 0 radical (unpaired) electrons. The van der Waals surface area contributed by atoms with E-state index in [-0.39, 0.29) is 38.6 Å². The quantitative estimate of drug-likeness (QED) is 0.0195. The van der Waals surface area contributed by atoms with Crippen molar-refractivity contribution in [3.63, 3.8) is 0 Å². The van der Waals surface area contributed by atoms with Crippen molar-refractivity contribution in [2.45, 2.75) is 270 Å². The molecule has 0 amide bonds. The van der Waals surface area contributed by atoms with Gasteiger partial charge in [0.2, 0.25) is 0 Å². The van der Waals surface area contributed by atoms with Crippen LogP contribution in [0, 0.1) is 0 Å². The molecule has 0 heterocycles. The second-order valence-electron chi connectivity index (χ2n) is 21.3. The third-order valence-corrected chi connectivity index (χ3v) is 12.9. The Balaban J connectivity index is 4.08. The Kier molecular flexibility index (Phi) is 52.5. The summed E-state index contributed by atoms with van der Waals surface area (Å²) in [5, 5.41) is 11.8. The summed E-state index contributed by atoms with van der Waals surface area (Å²) in [6.07, 6.45) is 68.4. The van der Waals surface area contributed by atoms with Crippen molar-refractivity contribution in [2.24, 2.45) is 0 Å². The van der Waals surface area contributed by atoms with E-state index in [1.54, 1.807) is 0 Å². The highest BCUT2D eigenvalue weighted by atomic mass is 16.7. The molecule has 0 bridgehead atoms. The fourth-order valence-corrected chi connectivity index (χ4v) is 8.32. The highest BCUT2D eigenvalue weighted by Crippen LogP contribution is 2.17. The maximum absolute atomic E-state index is 12.8. The number of unbranched alkanes of at least 4 members (excludes halogenated alkanes) is 28. The summed E-state index contributed by atoms with van der Waals surface area (Å²) in [5.74, 6) is -2.34. The number of likely N-dealkylation sites (N-methyl/N-ethyl adjacent to an activating group) is 1. The Morgan fingerprint density at radius 2 is 0.781 bits per heavy atom. The molecule has 422 valence electrons. The van der Waals surface area contributed by atoms with Gasteiger partial charge in [-0.05, 0) is 83.5 Å². The van der Waals surface area contributed by atoms with Crippen LogP contribution >= 0.6 is 0 Å². The third-order valence-electron chi connectivity index (χ3n) is 12.9. The second-order valence-corrected chi connectivity index (χ2v) is 21.3. The smallest absolute Gasteiger partial charge is 0.306 e. The van der Waals surface area contributed by atoms with Crippen LogP contribution in [-0.4, -0.2) is 82.3 Å². The van der Waals surface area contributed by atoms with Crippen molar-refractivity contribution in [3.05, 3.63) is 72.9 Å². The van der Waals surface area contributed by atoms with Gasteiger partial charge < -0.3 is 33.3 Å². The van der Waals surface area contributed by atoms with E-state index in [0.29, 0.717) is 17.4 Å². The van der Waals surface area contributed by atoms with Gasteiger partial charge in [0, 0.05) is 12.8 Å². The van der Waals surface area contributed by atoms with Gasteiger partial charge in [-0.15, -0.1) is 0 Å². The molecule has 0 rings (SSSR count). The first-order valence-corrected chi connectivity index (χ1v) is 30.1. The molecule has 2 unspecified atom stereocenters. The SMILES string of the molecule is CC/C=C\C/C=C\C/C=C\C/C=C\CCCCC(=O)OC(COC(=O)CCCCCCCCCCCCCCCCCCCCCCC/C=C\C/C=C\CCCCCCC)COC(OCC[N+](C)(C)C)C(=O)[O-]. The number of hydrogen-bond acceptors (Lipinski definition) is 8. The highest BCUT2D eigenvalue weighted by molar-refractivity contribution is 5.70. The fourth-order valence-electron chi connectivity index (χ4n) is 8.32. The van der Waals surface area contributed by atoms with E-state index in [1.807, 2.05) is 21.1 Å². The average molecular weight is 1020 g/mol. The summed E-state index contributed by atoms with van der Waals surface area (Å²) in [7, 11) is 5.90. The van der Waals surface area contributed by atoms with E-state index in [9.17, 15) is 19.5 Å². The summed E-state index contributed by atoms with van der Waals surface area (Å²) < 4.78 is 22.6. The van der Waals surface area contributed by atoms with Crippen molar-refractivity contribution in [1.82, 2.24) is 0 Å². The van der Waals surface area contributed by atoms with E-state index >= 15 is 0 Å². The zero-order chi connectivity index (χ0) is 53.4. The summed E-state index contributed by atoms with van der Waals surface area (Å²) in [6.45, 7) is 4.58. The minimum absolute atomic E-state index is 0.138. The third kappa shape index (κ3) is 56.3. The number of ether oxygens (including phenoxy) is 4. The maximum atomic E-state index is 12.8. The minimum Gasteiger partial charge on any atom is -0.545 e. The zero-order valence-corrected chi connectivity index (χ0v) is 48.0. The molecule has 0 aliphatic carbocycles. The first-order chi connectivity index (χ1) is 35.6. The lowest BCUT2D eigenvalue weighted by molar-refractivity contribution is -0.870. The van der Waals surface area contributed by atoms with Crippen LogP contribution in [0.4, 0.5) is 0 Å². The van der Waals surface area contributed by atoms with Gasteiger partial charge in [0.05, 0.1) is 40.3 Å². The molecule has 73 heavy (non-hydrogen) atoms. The normalized spacial score (nSPS) is 13.3. The van der Waals surface area contributed by atoms with Gasteiger partial charge in [0.1, 0.15) is 13.2 Å². The summed E-state index contributed by atoms with van der Waals surface area (Å²) >= 11 is 0. The molecule has 0 aliphatic heterocycles. The number of hydrogen-bond donors (Lipinski definition) is 0. The number of carbonyl (C=O) groups is 3. The van der Waals surface area contributed by atoms with Gasteiger partial charge in [-0.2, -0.15) is 0 Å². The van der Waals surface area contributed by atoms with Crippen molar-refractivity contribution >= 4 is 17.9 Å². The molecule has 0 aromatic rings. The topological polar surface area (TPSA) is 111 Å². The summed E-state index contributed by atoms with van der Waals surface area (Å²) in [4.78, 5) is 37.2. The standard InChI is InChI=1S/C64H113NO8/c1-6-8-10-12-14-16-18-20-22-23-24-25-26-27-28-29-30-31-32-33-34-35-36-37-38-39-41-42-44-46-48-50-52-54-61(66)71-58-60(59-72-64(63(68)69)70-57-56-65(3,4)5)73-62(67)55-53-51-49-47-45-43-40-21-19-17-15-13-11-9-7-2/h9,11,15,17-18,20-21,23-24,40,45,47,60,64H,6-8,10,12-14,16,19,22,25-39,41-44,46,48-59H2,1-5H3/b11-9-,17-15-,20-18-,24-23-,40-21-,47-45-. The van der Waals surface area contributed by atoms with Crippen LogP contribution in [0.15, 0.2) is 72.9 Å². The van der Waals surface area contributed by atoms with Crippen molar-refractivity contribution in [1.29, 1.82) is 0 Å². The molecule has 9 nitrogen and oxygen atoms in total. The number of aliphatic carboxylic acids is 1. The van der Waals surface area contributed by atoms with Gasteiger partial charge in [0.25, 0.3) is 0 Å². The predicted molar refractivity (Wildman–Crippen MR) is 306 cm³/mol. The first-order valence-electron chi connectivity index (χ1n) is 30.1. The van der Waals surface area contributed by atoms with Crippen molar-refractivity contribution in [2.75, 3.05) is 47.5 Å². The first kappa shape index (κ1) is 69.7. The molecule has 0 saturated heterocycles. The lowest BCUT2D eigenvalue weighted by Crippen LogP contribution is -2.44. The molecule has 0 aliphatic rings. The Labute approximate surface area is 449 Å². The Bertz CT molecular complexity index is 1420. The lowest BCUT2D eigenvalue weighted by Gasteiger charge is -2.26. The Hall–Kier alpha value is -3.27. The Morgan fingerprint density at radius 3 is 1.19 bits per heavy atom. The number of carboxylic acids is 1. The van der Waals surface area contributed by atoms with E-state index in [2.05, 4.69) is 86.8 Å². The van der Waals surface area contributed by atoms with Crippen LogP contribution in [0.3, 0.4) is 0 Å². The lowest BCUT2D eigenvalue weighted by atomic mass is 10.0. The fraction of sp³-hybridized carbons (Fsp3) is 0.766. The molecule has 0 aromatic carbocycles. The van der Waals surface area contributed by atoms with E-state index < -0.39 is 24.3 Å². The molecule has 9 heteroatoms. The van der Waals surface area contributed by atoms with Gasteiger partial charge in [-0.3, -0.25) is 9.59 Å². The van der Waals surface area contributed by atoms with E-state index in [1.165, 1.54) is 161 Å². The van der Waals surface area contributed by atoms with Crippen molar-refractivity contribution in [3.8, 4) is 0 Å². The van der Waals surface area contributed by atoms with E-state index in [0.717, 1.165) is 64.2 Å². The van der Waals surface area contributed by atoms with Gasteiger partial charge in [-0.25, -0.2) is 0 Å². The Morgan fingerprint density at radius 1 is 0.425 bits per heavy atom. The highest BCUT2D eigenvalue weighted by Gasteiger charge is 2.22. The van der Waals surface area contributed by atoms with Crippen LogP contribution in [0.2, 0.25) is 0 Å². The molecule has 0 fully saturated rings. The molecule has 0 aromatic heterocycles. The van der Waals surface area contributed by atoms with Gasteiger partial charge in [0.15, 0.2) is 12.4 Å². The van der Waals surface area contributed by atoms with Gasteiger partial charge in [-0.1, -0.05) is 234 Å². The zero-order valence-electron chi connectivity index (χ0n) is 48.0. The molecular weight excluding hydrogens is 911 g/mol. The number of quaternary nitrogens is 1. The van der Waals surface area contributed by atoms with E-state index in [4.69, 9.17) is 18.9 Å². The molecular formula is C64H113NO8. The predicted octanol–water partition coefficient (Wildman–Crippen LogP) is 16.5. The van der Waals surface area contributed by atoms with Crippen molar-refractivity contribution < 1.29 is 42.9 Å². The molecule has 0 saturated carbocycles. The number of carboxylic acid groups (broad SMARTS) is 1. The van der Waals surface area contributed by atoms with Crippen LogP contribution in [-0.2, 0) is 33.3 Å². The van der Waals surface area contributed by atoms with Crippen LogP contribution < -0.4 is 5.11 Å². The molecule has 0 N–H and O–H groups in total.